The summed E-state index contributed by atoms with van der Waals surface area (Å²) in [7, 11) is 3.18. The van der Waals surface area contributed by atoms with Crippen LogP contribution in [0.3, 0.4) is 0 Å². The molecule has 138 valence electrons. The molecular formula is C20H25N3O3. The van der Waals surface area contributed by atoms with Crippen LogP contribution in [0, 0.1) is 6.92 Å². The number of hydrazone groups is 1. The van der Waals surface area contributed by atoms with Crippen LogP contribution in [-0.4, -0.2) is 31.9 Å². The van der Waals surface area contributed by atoms with Crippen LogP contribution >= 0.6 is 0 Å². The average molecular weight is 355 g/mol. The normalized spacial score (nSPS) is 12.3. The maximum absolute atomic E-state index is 12.3. The predicted octanol–water partition coefficient (Wildman–Crippen LogP) is 3.35. The number of hydrogen-bond acceptors (Lipinski definition) is 5. The van der Waals surface area contributed by atoms with Crippen molar-refractivity contribution in [1.29, 1.82) is 0 Å². The molecule has 0 unspecified atom stereocenters. The molecule has 0 saturated carbocycles. The van der Waals surface area contributed by atoms with E-state index < -0.39 is 6.04 Å². The number of aryl methyl sites for hydroxylation is 1. The zero-order valence-corrected chi connectivity index (χ0v) is 15.8. The zero-order chi connectivity index (χ0) is 19.1. The SMILES string of the molecule is COc1ccc(C(C)=NNC(=O)[C@@H](C)Nc2ccccc2C)c(OC)c1. The van der Waals surface area contributed by atoms with Crippen molar-refractivity contribution in [2.45, 2.75) is 26.8 Å². The average Bonchev–Trinajstić information content (AvgIpc) is 2.66. The lowest BCUT2D eigenvalue weighted by Crippen LogP contribution is -2.35. The van der Waals surface area contributed by atoms with E-state index in [9.17, 15) is 4.79 Å². The number of nitrogens with one attached hydrogen (secondary N) is 2. The van der Waals surface area contributed by atoms with E-state index in [0.717, 1.165) is 16.8 Å². The summed E-state index contributed by atoms with van der Waals surface area (Å²) in [4.78, 5) is 12.3. The topological polar surface area (TPSA) is 72.0 Å². The molecule has 2 aromatic rings. The Balaban J connectivity index is 2.06. The minimum atomic E-state index is -0.426. The molecule has 0 spiro atoms. The highest BCUT2D eigenvalue weighted by Crippen LogP contribution is 2.25. The van der Waals surface area contributed by atoms with Crippen LogP contribution in [0.15, 0.2) is 47.6 Å². The van der Waals surface area contributed by atoms with Gasteiger partial charge in [-0.15, -0.1) is 0 Å². The highest BCUT2D eigenvalue weighted by molar-refractivity contribution is 6.02. The van der Waals surface area contributed by atoms with Crippen molar-refractivity contribution in [3.8, 4) is 11.5 Å². The number of hydrogen-bond donors (Lipinski definition) is 2. The minimum Gasteiger partial charge on any atom is -0.497 e. The molecule has 2 N–H and O–H groups in total. The van der Waals surface area contributed by atoms with Gasteiger partial charge in [0.2, 0.25) is 0 Å². The van der Waals surface area contributed by atoms with Crippen LogP contribution in [0.2, 0.25) is 0 Å². The Morgan fingerprint density at radius 2 is 1.85 bits per heavy atom. The summed E-state index contributed by atoms with van der Waals surface area (Å²) in [6, 6.07) is 12.8. The van der Waals surface area contributed by atoms with Crippen molar-refractivity contribution >= 4 is 17.3 Å². The molecule has 1 amide bonds. The van der Waals surface area contributed by atoms with E-state index in [-0.39, 0.29) is 5.91 Å². The first-order valence-electron chi connectivity index (χ1n) is 8.35. The summed E-state index contributed by atoms with van der Waals surface area (Å²) in [5.41, 5.74) is 6.03. The van der Waals surface area contributed by atoms with Crippen LogP contribution in [0.5, 0.6) is 11.5 Å². The van der Waals surface area contributed by atoms with Gasteiger partial charge in [-0.05, 0) is 44.5 Å². The van der Waals surface area contributed by atoms with Crippen LogP contribution in [0.25, 0.3) is 0 Å². The van der Waals surface area contributed by atoms with Gasteiger partial charge in [-0.25, -0.2) is 5.43 Å². The minimum absolute atomic E-state index is 0.222. The molecule has 0 aromatic heterocycles. The number of nitrogens with zero attached hydrogens (tertiary/aromatic N) is 1. The van der Waals surface area contributed by atoms with Gasteiger partial charge in [0.1, 0.15) is 17.5 Å². The first-order chi connectivity index (χ1) is 12.5. The Morgan fingerprint density at radius 3 is 2.50 bits per heavy atom. The number of ether oxygens (including phenoxy) is 2. The fourth-order valence-corrected chi connectivity index (χ4v) is 2.43. The van der Waals surface area contributed by atoms with Gasteiger partial charge in [0, 0.05) is 17.3 Å². The van der Waals surface area contributed by atoms with E-state index in [1.807, 2.05) is 50.2 Å². The van der Waals surface area contributed by atoms with Crippen molar-refractivity contribution in [1.82, 2.24) is 5.43 Å². The third-order valence-electron chi connectivity index (χ3n) is 4.04. The molecule has 0 bridgehead atoms. The zero-order valence-electron chi connectivity index (χ0n) is 15.8. The summed E-state index contributed by atoms with van der Waals surface area (Å²) < 4.78 is 10.6. The Kier molecular flexibility index (Phi) is 6.60. The first-order valence-corrected chi connectivity index (χ1v) is 8.35. The van der Waals surface area contributed by atoms with Gasteiger partial charge < -0.3 is 14.8 Å². The van der Waals surface area contributed by atoms with Crippen LogP contribution < -0.4 is 20.2 Å². The summed E-state index contributed by atoms with van der Waals surface area (Å²) in [6.07, 6.45) is 0. The van der Waals surface area contributed by atoms with Gasteiger partial charge in [0.15, 0.2) is 0 Å². The number of anilines is 1. The van der Waals surface area contributed by atoms with E-state index in [2.05, 4.69) is 15.8 Å². The highest BCUT2D eigenvalue weighted by Gasteiger charge is 2.14. The lowest BCUT2D eigenvalue weighted by Gasteiger charge is -2.16. The number of para-hydroxylation sites is 1. The second-order valence-electron chi connectivity index (χ2n) is 5.92. The van der Waals surface area contributed by atoms with Crippen LogP contribution in [0.4, 0.5) is 5.69 Å². The largest absolute Gasteiger partial charge is 0.497 e. The number of amides is 1. The second kappa shape index (κ2) is 8.89. The van der Waals surface area contributed by atoms with E-state index >= 15 is 0 Å². The van der Waals surface area contributed by atoms with Crippen molar-refractivity contribution in [3.05, 3.63) is 53.6 Å². The molecule has 0 radical (unpaired) electrons. The molecule has 0 heterocycles. The number of carbonyl (C=O) groups excluding carboxylic acids is 1. The highest BCUT2D eigenvalue weighted by atomic mass is 16.5. The maximum Gasteiger partial charge on any atom is 0.262 e. The van der Waals surface area contributed by atoms with E-state index in [0.29, 0.717) is 17.2 Å². The Hall–Kier alpha value is -3.02. The third kappa shape index (κ3) is 4.75. The van der Waals surface area contributed by atoms with Crippen LogP contribution in [0.1, 0.15) is 25.0 Å². The molecule has 6 nitrogen and oxygen atoms in total. The van der Waals surface area contributed by atoms with Crippen LogP contribution in [-0.2, 0) is 4.79 Å². The standard InChI is InChI=1S/C20H25N3O3/c1-13-8-6-7-9-18(13)21-15(3)20(24)23-22-14(2)17-11-10-16(25-4)12-19(17)26-5/h6-12,15,21H,1-5H3,(H,23,24)/t15-/m1/s1. The molecule has 2 rings (SSSR count). The molecule has 2 aromatic carbocycles. The van der Waals surface area contributed by atoms with Gasteiger partial charge >= 0.3 is 0 Å². The van der Waals surface area contributed by atoms with E-state index in [1.54, 1.807) is 27.2 Å². The van der Waals surface area contributed by atoms with Gasteiger partial charge in [-0.1, -0.05) is 18.2 Å². The number of carbonyl (C=O) groups is 1. The van der Waals surface area contributed by atoms with Gasteiger partial charge in [0.25, 0.3) is 5.91 Å². The second-order valence-corrected chi connectivity index (χ2v) is 5.92. The van der Waals surface area contributed by atoms with Crippen molar-refractivity contribution in [2.75, 3.05) is 19.5 Å². The maximum atomic E-state index is 12.3. The molecule has 0 aliphatic heterocycles. The lowest BCUT2D eigenvalue weighted by atomic mass is 10.1. The quantitative estimate of drug-likeness (QED) is 0.590. The summed E-state index contributed by atoms with van der Waals surface area (Å²) in [5, 5.41) is 7.39. The van der Waals surface area contributed by atoms with Crippen molar-refractivity contribution in [2.24, 2.45) is 5.10 Å². The molecule has 6 heteroatoms. The summed E-state index contributed by atoms with van der Waals surface area (Å²) in [5.74, 6) is 1.10. The third-order valence-corrected chi connectivity index (χ3v) is 4.04. The fraction of sp³-hybridized carbons (Fsp3) is 0.300. The molecule has 1 atom stereocenters. The molecule has 0 aliphatic carbocycles. The smallest absolute Gasteiger partial charge is 0.262 e. The number of rotatable bonds is 7. The van der Waals surface area contributed by atoms with Gasteiger partial charge in [0.05, 0.1) is 19.9 Å². The number of methoxy groups -OCH3 is 2. The molecule has 0 saturated heterocycles. The van der Waals surface area contributed by atoms with Gasteiger partial charge in [-0.3, -0.25) is 4.79 Å². The Bertz CT molecular complexity index is 803. The Labute approximate surface area is 154 Å². The van der Waals surface area contributed by atoms with Gasteiger partial charge in [-0.2, -0.15) is 5.10 Å². The van der Waals surface area contributed by atoms with Crippen molar-refractivity contribution < 1.29 is 14.3 Å². The van der Waals surface area contributed by atoms with Crippen molar-refractivity contribution in [3.63, 3.8) is 0 Å². The van der Waals surface area contributed by atoms with E-state index in [4.69, 9.17) is 9.47 Å². The lowest BCUT2D eigenvalue weighted by molar-refractivity contribution is -0.121. The van der Waals surface area contributed by atoms with E-state index in [1.165, 1.54) is 0 Å². The summed E-state index contributed by atoms with van der Waals surface area (Å²) in [6.45, 7) is 5.59. The molecule has 0 fully saturated rings. The Morgan fingerprint density at radius 1 is 1.12 bits per heavy atom. The molecule has 26 heavy (non-hydrogen) atoms. The predicted molar refractivity (Wildman–Crippen MR) is 104 cm³/mol. The molecular weight excluding hydrogens is 330 g/mol. The summed E-state index contributed by atoms with van der Waals surface area (Å²) >= 11 is 0. The first kappa shape index (κ1) is 19.3. The monoisotopic (exact) mass is 355 g/mol. The number of benzene rings is 2. The molecule has 0 aliphatic rings. The fourth-order valence-electron chi connectivity index (χ4n) is 2.43.